The maximum atomic E-state index is 12.0. The minimum atomic E-state index is -0.0522. The molecule has 1 saturated heterocycles. The average molecular weight is 234 g/mol. The highest BCUT2D eigenvalue weighted by Crippen LogP contribution is 2.12. The second kappa shape index (κ2) is 5.72. The summed E-state index contributed by atoms with van der Waals surface area (Å²) in [5, 5.41) is 3.35. The van der Waals surface area contributed by atoms with Crippen LogP contribution in [0.2, 0.25) is 0 Å². The van der Waals surface area contributed by atoms with Crippen molar-refractivity contribution in [2.24, 2.45) is 5.92 Å². The van der Waals surface area contributed by atoms with Gasteiger partial charge in [-0.2, -0.15) is 0 Å². The number of rotatable bonds is 3. The van der Waals surface area contributed by atoms with Gasteiger partial charge in [0.1, 0.15) is 5.69 Å². The predicted molar refractivity (Wildman–Crippen MR) is 64.6 cm³/mol. The topological polar surface area (TPSA) is 58.1 Å². The molecule has 1 aromatic rings. The van der Waals surface area contributed by atoms with Crippen molar-refractivity contribution in [1.82, 2.24) is 20.2 Å². The fraction of sp³-hybridized carbons (Fsp3) is 0.583. The van der Waals surface area contributed by atoms with Gasteiger partial charge in [0.2, 0.25) is 0 Å². The Morgan fingerprint density at radius 2 is 2.47 bits per heavy atom. The molecule has 1 aliphatic rings. The van der Waals surface area contributed by atoms with Crippen molar-refractivity contribution in [3.8, 4) is 0 Å². The molecule has 5 heteroatoms. The zero-order valence-electron chi connectivity index (χ0n) is 10.1. The molecule has 2 heterocycles. The van der Waals surface area contributed by atoms with Gasteiger partial charge < -0.3 is 10.2 Å². The first-order valence-electron chi connectivity index (χ1n) is 5.99. The molecule has 1 fully saturated rings. The summed E-state index contributed by atoms with van der Waals surface area (Å²) in [6, 6.07) is 0. The predicted octanol–water partition coefficient (Wildman–Crippen LogP) is 0.548. The van der Waals surface area contributed by atoms with Gasteiger partial charge >= 0.3 is 0 Å². The van der Waals surface area contributed by atoms with Crippen LogP contribution in [0.5, 0.6) is 0 Å². The third-order valence-electron chi connectivity index (χ3n) is 3.06. The lowest BCUT2D eigenvalue weighted by atomic mass is 9.99. The Morgan fingerprint density at radius 1 is 1.59 bits per heavy atom. The fourth-order valence-electron chi connectivity index (χ4n) is 2.16. The Morgan fingerprint density at radius 3 is 3.12 bits per heavy atom. The van der Waals surface area contributed by atoms with E-state index in [-0.39, 0.29) is 5.91 Å². The smallest absolute Gasteiger partial charge is 0.273 e. The Kier molecular flexibility index (Phi) is 4.03. The zero-order valence-corrected chi connectivity index (χ0v) is 10.1. The van der Waals surface area contributed by atoms with Crippen LogP contribution in [0.25, 0.3) is 0 Å². The van der Waals surface area contributed by atoms with Crippen LogP contribution >= 0.6 is 0 Å². The van der Waals surface area contributed by atoms with Crippen LogP contribution in [0.4, 0.5) is 0 Å². The standard InChI is InChI=1S/C12H18N4O/c1-16(9-10-3-2-4-13-7-10)12(17)11-8-14-5-6-15-11/h5-6,8,10,13H,2-4,7,9H2,1H3. The van der Waals surface area contributed by atoms with Crippen LogP contribution in [-0.4, -0.2) is 47.5 Å². The summed E-state index contributed by atoms with van der Waals surface area (Å²) in [5.41, 5.74) is 0.416. The average Bonchev–Trinajstić information content (AvgIpc) is 2.40. The molecule has 0 saturated carbocycles. The van der Waals surface area contributed by atoms with Crippen LogP contribution in [0.15, 0.2) is 18.6 Å². The van der Waals surface area contributed by atoms with Crippen molar-refractivity contribution in [3.63, 3.8) is 0 Å². The van der Waals surface area contributed by atoms with E-state index in [2.05, 4.69) is 15.3 Å². The second-order valence-electron chi connectivity index (χ2n) is 4.49. The molecule has 1 amide bonds. The van der Waals surface area contributed by atoms with E-state index in [0.717, 1.165) is 19.6 Å². The normalized spacial score (nSPS) is 19.9. The maximum Gasteiger partial charge on any atom is 0.273 e. The third kappa shape index (κ3) is 3.23. The van der Waals surface area contributed by atoms with Crippen molar-refractivity contribution >= 4 is 5.91 Å². The van der Waals surface area contributed by atoms with Crippen molar-refractivity contribution in [3.05, 3.63) is 24.3 Å². The maximum absolute atomic E-state index is 12.0. The molecule has 1 unspecified atom stereocenters. The molecule has 2 rings (SSSR count). The molecule has 0 aromatic carbocycles. The molecule has 1 atom stereocenters. The number of nitrogens with one attached hydrogen (secondary N) is 1. The number of hydrogen-bond acceptors (Lipinski definition) is 4. The number of aromatic nitrogens is 2. The Bertz CT molecular complexity index is 362. The molecular weight excluding hydrogens is 216 g/mol. The molecule has 17 heavy (non-hydrogen) atoms. The Balaban J connectivity index is 1.91. The van der Waals surface area contributed by atoms with Crippen molar-refractivity contribution < 1.29 is 4.79 Å². The van der Waals surface area contributed by atoms with Gasteiger partial charge in [0, 0.05) is 26.0 Å². The van der Waals surface area contributed by atoms with Gasteiger partial charge in [-0.25, -0.2) is 4.98 Å². The Hall–Kier alpha value is -1.49. The van der Waals surface area contributed by atoms with Crippen LogP contribution in [0.1, 0.15) is 23.3 Å². The van der Waals surface area contributed by atoms with Crippen LogP contribution < -0.4 is 5.32 Å². The van der Waals surface area contributed by atoms with E-state index in [0.29, 0.717) is 11.6 Å². The minimum absolute atomic E-state index is 0.0522. The lowest BCUT2D eigenvalue weighted by Crippen LogP contribution is -2.39. The molecule has 1 aliphatic heterocycles. The number of amides is 1. The largest absolute Gasteiger partial charge is 0.340 e. The summed E-state index contributed by atoms with van der Waals surface area (Å²) in [6.45, 7) is 2.87. The summed E-state index contributed by atoms with van der Waals surface area (Å²) in [4.78, 5) is 21.7. The Labute approximate surface area is 101 Å². The highest BCUT2D eigenvalue weighted by molar-refractivity contribution is 5.91. The van der Waals surface area contributed by atoms with E-state index in [9.17, 15) is 4.79 Å². The second-order valence-corrected chi connectivity index (χ2v) is 4.49. The first kappa shape index (κ1) is 12.0. The minimum Gasteiger partial charge on any atom is -0.340 e. The number of carbonyl (C=O) groups is 1. The van der Waals surface area contributed by atoms with Crippen LogP contribution in [-0.2, 0) is 0 Å². The molecule has 1 aromatic heterocycles. The molecule has 92 valence electrons. The van der Waals surface area contributed by atoms with Crippen molar-refractivity contribution in [1.29, 1.82) is 0 Å². The van der Waals surface area contributed by atoms with Crippen molar-refractivity contribution in [2.45, 2.75) is 12.8 Å². The number of piperidine rings is 1. The van der Waals surface area contributed by atoms with E-state index in [1.807, 2.05) is 7.05 Å². The van der Waals surface area contributed by atoms with Gasteiger partial charge in [-0.3, -0.25) is 9.78 Å². The molecule has 1 N–H and O–H groups in total. The summed E-state index contributed by atoms with van der Waals surface area (Å²) in [6.07, 6.45) is 7.01. The first-order valence-corrected chi connectivity index (χ1v) is 5.99. The van der Waals surface area contributed by atoms with Gasteiger partial charge in [-0.05, 0) is 31.8 Å². The zero-order chi connectivity index (χ0) is 12.1. The molecule has 0 radical (unpaired) electrons. The SMILES string of the molecule is CN(CC1CCCNC1)C(=O)c1cnccn1. The fourth-order valence-corrected chi connectivity index (χ4v) is 2.16. The third-order valence-corrected chi connectivity index (χ3v) is 3.06. The monoisotopic (exact) mass is 234 g/mol. The first-order chi connectivity index (χ1) is 8.27. The molecule has 0 aliphatic carbocycles. The van der Waals surface area contributed by atoms with E-state index in [1.54, 1.807) is 17.3 Å². The highest BCUT2D eigenvalue weighted by Gasteiger charge is 2.19. The quantitative estimate of drug-likeness (QED) is 0.829. The van der Waals surface area contributed by atoms with Crippen molar-refractivity contribution in [2.75, 3.05) is 26.7 Å². The molecular formula is C12H18N4O. The lowest BCUT2D eigenvalue weighted by molar-refractivity contribution is 0.0758. The van der Waals surface area contributed by atoms with E-state index in [1.165, 1.54) is 19.0 Å². The van der Waals surface area contributed by atoms with Gasteiger partial charge in [-0.15, -0.1) is 0 Å². The van der Waals surface area contributed by atoms with Crippen LogP contribution in [0, 0.1) is 5.92 Å². The summed E-state index contributed by atoms with van der Waals surface area (Å²) < 4.78 is 0. The number of hydrogen-bond donors (Lipinski definition) is 1. The molecule has 5 nitrogen and oxygen atoms in total. The summed E-state index contributed by atoms with van der Waals surface area (Å²) in [5.74, 6) is 0.498. The molecule has 0 spiro atoms. The highest BCUT2D eigenvalue weighted by atomic mass is 16.2. The summed E-state index contributed by atoms with van der Waals surface area (Å²) >= 11 is 0. The van der Waals surface area contributed by atoms with Crippen LogP contribution in [0.3, 0.4) is 0 Å². The van der Waals surface area contributed by atoms with Gasteiger partial charge in [0.25, 0.3) is 5.91 Å². The van der Waals surface area contributed by atoms with E-state index >= 15 is 0 Å². The van der Waals surface area contributed by atoms with Gasteiger partial charge in [0.15, 0.2) is 0 Å². The molecule has 0 bridgehead atoms. The van der Waals surface area contributed by atoms with E-state index < -0.39 is 0 Å². The van der Waals surface area contributed by atoms with E-state index in [4.69, 9.17) is 0 Å². The summed E-state index contributed by atoms with van der Waals surface area (Å²) in [7, 11) is 1.83. The number of carbonyl (C=O) groups excluding carboxylic acids is 1. The van der Waals surface area contributed by atoms with Gasteiger partial charge in [0.05, 0.1) is 6.20 Å². The lowest BCUT2D eigenvalue weighted by Gasteiger charge is -2.27. The van der Waals surface area contributed by atoms with Gasteiger partial charge in [-0.1, -0.05) is 0 Å². The number of nitrogens with zero attached hydrogens (tertiary/aromatic N) is 3.